The summed E-state index contributed by atoms with van der Waals surface area (Å²) in [6.07, 6.45) is 4.20. The maximum Gasteiger partial charge on any atom is 0.251 e. The van der Waals surface area contributed by atoms with E-state index in [1.807, 2.05) is 42.5 Å². The Morgan fingerprint density at radius 2 is 1.72 bits per heavy atom. The highest BCUT2D eigenvalue weighted by Gasteiger charge is 2.07. The highest BCUT2D eigenvalue weighted by Crippen LogP contribution is 2.27. The van der Waals surface area contributed by atoms with Crippen molar-refractivity contribution in [3.63, 3.8) is 0 Å². The zero-order valence-electron chi connectivity index (χ0n) is 15.2. The molecule has 0 aliphatic rings. The van der Waals surface area contributed by atoms with E-state index in [0.717, 1.165) is 11.1 Å². The Bertz CT molecular complexity index is 733. The van der Waals surface area contributed by atoms with Crippen LogP contribution in [-0.2, 0) is 6.54 Å². The van der Waals surface area contributed by atoms with E-state index >= 15 is 0 Å². The van der Waals surface area contributed by atoms with Crippen molar-refractivity contribution in [1.29, 1.82) is 0 Å². The van der Waals surface area contributed by atoms with Crippen molar-refractivity contribution >= 4 is 12.0 Å². The summed E-state index contributed by atoms with van der Waals surface area (Å²) in [6, 6.07) is 13.2. The maximum absolute atomic E-state index is 12.3. The van der Waals surface area contributed by atoms with E-state index in [0.29, 0.717) is 29.5 Å². The lowest BCUT2D eigenvalue weighted by Gasteiger charge is -2.10. The van der Waals surface area contributed by atoms with E-state index in [2.05, 4.69) is 31.3 Å². The van der Waals surface area contributed by atoms with Crippen molar-refractivity contribution in [2.45, 2.75) is 20.4 Å². The second-order valence-corrected chi connectivity index (χ2v) is 6.10. The minimum absolute atomic E-state index is 0.103. The molecule has 0 spiro atoms. The molecule has 0 aliphatic carbocycles. The lowest BCUT2D eigenvalue weighted by Crippen LogP contribution is -2.22. The minimum Gasteiger partial charge on any atom is -0.493 e. The molecule has 4 heteroatoms. The second kappa shape index (κ2) is 8.92. The van der Waals surface area contributed by atoms with Crippen LogP contribution in [0.3, 0.4) is 0 Å². The van der Waals surface area contributed by atoms with Gasteiger partial charge in [-0.3, -0.25) is 4.79 Å². The SMILES string of the molecule is COc1ccc(CNC(=O)c2ccc(C=CC(C)C)cc2)cc1OC. The molecular formula is C21H25NO3. The van der Waals surface area contributed by atoms with Gasteiger partial charge in [0.25, 0.3) is 5.91 Å². The van der Waals surface area contributed by atoms with Gasteiger partial charge < -0.3 is 14.8 Å². The normalized spacial score (nSPS) is 10.9. The molecule has 0 saturated carbocycles. The fraction of sp³-hybridized carbons (Fsp3) is 0.286. The molecule has 2 rings (SSSR count). The van der Waals surface area contributed by atoms with Crippen LogP contribution in [-0.4, -0.2) is 20.1 Å². The summed E-state index contributed by atoms with van der Waals surface area (Å²) in [6.45, 7) is 4.69. The summed E-state index contributed by atoms with van der Waals surface area (Å²) in [7, 11) is 3.19. The standard InChI is InChI=1S/C21H25NO3/c1-15(2)5-6-16-7-10-18(11-8-16)21(23)22-14-17-9-12-19(24-3)20(13-17)25-4/h5-13,15H,14H2,1-4H3,(H,22,23). The average Bonchev–Trinajstić information content (AvgIpc) is 2.64. The number of rotatable bonds is 7. The number of carbonyl (C=O) groups is 1. The van der Waals surface area contributed by atoms with Crippen LogP contribution in [0.1, 0.15) is 35.3 Å². The molecule has 1 amide bonds. The van der Waals surface area contributed by atoms with Crippen LogP contribution in [0.2, 0.25) is 0 Å². The number of benzene rings is 2. The summed E-state index contributed by atoms with van der Waals surface area (Å²) in [5.41, 5.74) is 2.68. The van der Waals surface area contributed by atoms with Crippen molar-refractivity contribution in [1.82, 2.24) is 5.32 Å². The van der Waals surface area contributed by atoms with Crippen molar-refractivity contribution in [2.75, 3.05) is 14.2 Å². The molecule has 0 saturated heterocycles. The molecule has 25 heavy (non-hydrogen) atoms. The summed E-state index contributed by atoms with van der Waals surface area (Å²) in [5, 5.41) is 2.92. The quantitative estimate of drug-likeness (QED) is 0.818. The lowest BCUT2D eigenvalue weighted by atomic mass is 10.1. The van der Waals surface area contributed by atoms with Gasteiger partial charge in [-0.1, -0.05) is 44.2 Å². The van der Waals surface area contributed by atoms with Gasteiger partial charge >= 0.3 is 0 Å². The van der Waals surface area contributed by atoms with Crippen molar-refractivity contribution < 1.29 is 14.3 Å². The molecule has 0 bridgehead atoms. The number of methoxy groups -OCH3 is 2. The molecular weight excluding hydrogens is 314 g/mol. The zero-order valence-corrected chi connectivity index (χ0v) is 15.2. The molecule has 0 unspecified atom stereocenters. The number of amides is 1. The predicted octanol–water partition coefficient (Wildman–Crippen LogP) is 4.30. The molecule has 2 aromatic carbocycles. The van der Waals surface area contributed by atoms with Crippen LogP contribution in [0.4, 0.5) is 0 Å². The predicted molar refractivity (Wildman–Crippen MR) is 101 cm³/mol. The van der Waals surface area contributed by atoms with Gasteiger partial charge in [0, 0.05) is 12.1 Å². The smallest absolute Gasteiger partial charge is 0.251 e. The fourth-order valence-electron chi connectivity index (χ4n) is 2.32. The Morgan fingerprint density at radius 1 is 1.04 bits per heavy atom. The molecule has 4 nitrogen and oxygen atoms in total. The van der Waals surface area contributed by atoms with Crippen LogP contribution in [0, 0.1) is 5.92 Å². The van der Waals surface area contributed by atoms with E-state index in [9.17, 15) is 4.79 Å². The zero-order chi connectivity index (χ0) is 18.2. The fourth-order valence-corrected chi connectivity index (χ4v) is 2.32. The van der Waals surface area contributed by atoms with Crippen LogP contribution in [0.25, 0.3) is 6.08 Å². The van der Waals surface area contributed by atoms with Gasteiger partial charge in [0.05, 0.1) is 14.2 Å². The van der Waals surface area contributed by atoms with E-state index < -0.39 is 0 Å². The molecule has 0 radical (unpaired) electrons. The number of ether oxygens (including phenoxy) is 2. The Balaban J connectivity index is 1.98. The van der Waals surface area contributed by atoms with Crippen LogP contribution in [0.5, 0.6) is 11.5 Å². The maximum atomic E-state index is 12.3. The van der Waals surface area contributed by atoms with Gasteiger partial charge in [0.1, 0.15) is 0 Å². The third kappa shape index (κ3) is 5.38. The van der Waals surface area contributed by atoms with Crippen LogP contribution in [0.15, 0.2) is 48.5 Å². The van der Waals surface area contributed by atoms with Crippen molar-refractivity contribution in [2.24, 2.45) is 5.92 Å². The third-order valence-electron chi connectivity index (χ3n) is 3.75. The molecule has 0 atom stereocenters. The number of nitrogens with one attached hydrogen (secondary N) is 1. The Kier molecular flexibility index (Phi) is 6.63. The number of hydrogen-bond donors (Lipinski definition) is 1. The van der Waals surface area contributed by atoms with Gasteiger partial charge in [-0.15, -0.1) is 0 Å². The second-order valence-electron chi connectivity index (χ2n) is 6.10. The summed E-state index contributed by atoms with van der Waals surface area (Å²) < 4.78 is 10.5. The molecule has 2 aromatic rings. The van der Waals surface area contributed by atoms with E-state index in [1.165, 1.54) is 0 Å². The Morgan fingerprint density at radius 3 is 2.32 bits per heavy atom. The summed E-state index contributed by atoms with van der Waals surface area (Å²) in [5.74, 6) is 1.72. The van der Waals surface area contributed by atoms with Crippen LogP contribution < -0.4 is 14.8 Å². The summed E-state index contributed by atoms with van der Waals surface area (Å²) in [4.78, 5) is 12.3. The van der Waals surface area contributed by atoms with Crippen LogP contribution >= 0.6 is 0 Å². The lowest BCUT2D eigenvalue weighted by molar-refractivity contribution is 0.0951. The molecule has 1 N–H and O–H groups in total. The third-order valence-corrected chi connectivity index (χ3v) is 3.75. The highest BCUT2D eigenvalue weighted by molar-refractivity contribution is 5.94. The van der Waals surface area contributed by atoms with Gasteiger partial charge in [0.15, 0.2) is 11.5 Å². The molecule has 0 aliphatic heterocycles. The van der Waals surface area contributed by atoms with Crippen molar-refractivity contribution in [3.8, 4) is 11.5 Å². The molecule has 0 heterocycles. The first-order valence-corrected chi connectivity index (χ1v) is 8.31. The summed E-state index contributed by atoms with van der Waals surface area (Å²) >= 11 is 0. The number of hydrogen-bond acceptors (Lipinski definition) is 3. The monoisotopic (exact) mass is 339 g/mol. The topological polar surface area (TPSA) is 47.6 Å². The van der Waals surface area contributed by atoms with E-state index in [1.54, 1.807) is 14.2 Å². The average molecular weight is 339 g/mol. The van der Waals surface area contributed by atoms with Gasteiger partial charge in [-0.25, -0.2) is 0 Å². The first-order chi connectivity index (χ1) is 12.0. The Hall–Kier alpha value is -2.75. The number of allylic oxidation sites excluding steroid dienone is 1. The largest absolute Gasteiger partial charge is 0.493 e. The molecule has 0 aromatic heterocycles. The first kappa shape index (κ1) is 18.6. The van der Waals surface area contributed by atoms with E-state index in [-0.39, 0.29) is 5.91 Å². The van der Waals surface area contributed by atoms with Gasteiger partial charge in [-0.2, -0.15) is 0 Å². The minimum atomic E-state index is -0.103. The highest BCUT2D eigenvalue weighted by atomic mass is 16.5. The Labute approximate surface area is 149 Å². The van der Waals surface area contributed by atoms with E-state index in [4.69, 9.17) is 9.47 Å². The van der Waals surface area contributed by atoms with Crippen molar-refractivity contribution in [3.05, 3.63) is 65.2 Å². The van der Waals surface area contributed by atoms with Gasteiger partial charge in [0.2, 0.25) is 0 Å². The number of carbonyl (C=O) groups excluding carboxylic acids is 1. The molecule has 0 fully saturated rings. The van der Waals surface area contributed by atoms with Gasteiger partial charge in [-0.05, 0) is 41.3 Å². The first-order valence-electron chi connectivity index (χ1n) is 8.31. The molecule has 132 valence electrons.